The number of benzene rings is 2. The van der Waals surface area contributed by atoms with E-state index >= 15 is 0 Å². The van der Waals surface area contributed by atoms with Gasteiger partial charge in [-0.3, -0.25) is 0 Å². The van der Waals surface area contributed by atoms with Crippen LogP contribution in [-0.2, 0) is 6.42 Å². The third-order valence-corrected chi connectivity index (χ3v) is 4.23. The van der Waals surface area contributed by atoms with Gasteiger partial charge in [-0.2, -0.15) is 0 Å². The van der Waals surface area contributed by atoms with Gasteiger partial charge in [-0.05, 0) is 54.5 Å². The number of hydrogen-bond donors (Lipinski definition) is 1. The summed E-state index contributed by atoms with van der Waals surface area (Å²) in [5.41, 5.74) is 4.04. The first-order chi connectivity index (χ1) is 10.2. The molecule has 2 aromatic carbocycles. The van der Waals surface area contributed by atoms with E-state index in [0.717, 1.165) is 18.6 Å². The third-order valence-electron chi connectivity index (χ3n) is 4.23. The van der Waals surface area contributed by atoms with Crippen LogP contribution < -0.4 is 4.74 Å². The van der Waals surface area contributed by atoms with Gasteiger partial charge in [-0.15, -0.1) is 0 Å². The van der Waals surface area contributed by atoms with Gasteiger partial charge in [-0.25, -0.2) is 0 Å². The van der Waals surface area contributed by atoms with Crippen molar-refractivity contribution in [3.63, 3.8) is 0 Å². The molecule has 2 nitrogen and oxygen atoms in total. The maximum atomic E-state index is 10.2. The molecule has 110 valence electrons. The number of aliphatic hydroxyl groups excluding tert-OH is 1. The molecule has 0 radical (unpaired) electrons. The van der Waals surface area contributed by atoms with Crippen LogP contribution in [0.4, 0.5) is 0 Å². The van der Waals surface area contributed by atoms with Gasteiger partial charge in [-0.1, -0.05) is 36.4 Å². The fourth-order valence-electron chi connectivity index (χ4n) is 3.04. The van der Waals surface area contributed by atoms with Crippen molar-refractivity contribution in [2.24, 2.45) is 0 Å². The fraction of sp³-hybridized carbons (Fsp3) is 0.368. The number of aliphatic hydroxyl groups is 1. The molecule has 0 bridgehead atoms. The molecular formula is C19H22O2. The minimum absolute atomic E-state index is 0.284. The van der Waals surface area contributed by atoms with Crippen LogP contribution in [0, 0.1) is 6.92 Å². The van der Waals surface area contributed by atoms with E-state index in [1.54, 1.807) is 0 Å². The molecule has 1 aliphatic rings. The monoisotopic (exact) mass is 282 g/mol. The largest absolute Gasteiger partial charge is 0.493 e. The number of rotatable bonds is 6. The topological polar surface area (TPSA) is 29.5 Å². The molecule has 2 aromatic rings. The van der Waals surface area contributed by atoms with Crippen LogP contribution in [0.1, 0.15) is 35.4 Å². The number of aryl methyl sites for hydroxylation is 1. The Bertz CT molecular complexity index is 606. The van der Waals surface area contributed by atoms with Crippen LogP contribution in [0.15, 0.2) is 48.5 Å². The molecule has 0 spiro atoms. The summed E-state index contributed by atoms with van der Waals surface area (Å²) in [6.45, 7) is 2.62. The van der Waals surface area contributed by atoms with Crippen LogP contribution in [0.2, 0.25) is 0 Å². The predicted molar refractivity (Wildman–Crippen MR) is 84.8 cm³/mol. The van der Waals surface area contributed by atoms with Crippen molar-refractivity contribution in [2.75, 3.05) is 6.61 Å². The van der Waals surface area contributed by atoms with Crippen LogP contribution in [0.3, 0.4) is 0 Å². The highest BCUT2D eigenvalue weighted by Gasteiger charge is 2.27. The Balaban J connectivity index is 1.42. The fourth-order valence-corrected chi connectivity index (χ4v) is 3.04. The lowest BCUT2D eigenvalue weighted by molar-refractivity contribution is 0.120. The van der Waals surface area contributed by atoms with E-state index in [9.17, 15) is 5.11 Å². The summed E-state index contributed by atoms with van der Waals surface area (Å²) in [5, 5.41) is 10.2. The molecule has 0 amide bonds. The summed E-state index contributed by atoms with van der Waals surface area (Å²) in [6, 6.07) is 16.6. The number of ether oxygens (including phenoxy) is 1. The zero-order valence-corrected chi connectivity index (χ0v) is 12.5. The maximum absolute atomic E-state index is 10.2. The lowest BCUT2D eigenvalue weighted by Crippen LogP contribution is -2.23. The van der Waals surface area contributed by atoms with E-state index in [-0.39, 0.29) is 6.10 Å². The van der Waals surface area contributed by atoms with E-state index in [1.165, 1.54) is 16.7 Å². The van der Waals surface area contributed by atoms with Crippen molar-refractivity contribution >= 4 is 0 Å². The summed E-state index contributed by atoms with van der Waals surface area (Å²) >= 11 is 0. The van der Waals surface area contributed by atoms with Gasteiger partial charge >= 0.3 is 0 Å². The summed E-state index contributed by atoms with van der Waals surface area (Å²) in [4.78, 5) is 0. The van der Waals surface area contributed by atoms with Crippen molar-refractivity contribution in [2.45, 2.75) is 38.2 Å². The summed E-state index contributed by atoms with van der Waals surface area (Å²) < 4.78 is 5.70. The Hall–Kier alpha value is -1.80. The highest BCUT2D eigenvalue weighted by atomic mass is 16.5. The van der Waals surface area contributed by atoms with Crippen molar-refractivity contribution in [1.29, 1.82) is 0 Å². The van der Waals surface area contributed by atoms with E-state index in [1.807, 2.05) is 18.2 Å². The Kier molecular flexibility index (Phi) is 4.26. The average molecular weight is 282 g/mol. The first-order valence-corrected chi connectivity index (χ1v) is 7.67. The molecule has 2 atom stereocenters. The van der Waals surface area contributed by atoms with Gasteiger partial charge in [0.05, 0.1) is 12.7 Å². The van der Waals surface area contributed by atoms with Crippen LogP contribution in [0.25, 0.3) is 0 Å². The van der Waals surface area contributed by atoms with Crippen molar-refractivity contribution in [1.82, 2.24) is 0 Å². The molecule has 3 rings (SSSR count). The molecular weight excluding hydrogens is 260 g/mol. The van der Waals surface area contributed by atoms with Gasteiger partial charge < -0.3 is 9.84 Å². The summed E-state index contributed by atoms with van der Waals surface area (Å²) in [6.07, 6.45) is 2.35. The first kappa shape index (κ1) is 14.2. The van der Waals surface area contributed by atoms with Crippen molar-refractivity contribution < 1.29 is 9.84 Å². The van der Waals surface area contributed by atoms with Crippen LogP contribution in [-0.4, -0.2) is 17.8 Å². The molecule has 0 saturated carbocycles. The molecule has 0 fully saturated rings. The zero-order chi connectivity index (χ0) is 14.7. The SMILES string of the molecule is Cc1cccc(OCCC(O)CC2Cc3ccccc32)c1. The summed E-state index contributed by atoms with van der Waals surface area (Å²) in [7, 11) is 0. The minimum atomic E-state index is -0.284. The normalized spacial score (nSPS) is 17.7. The highest BCUT2D eigenvalue weighted by Crippen LogP contribution is 2.38. The maximum Gasteiger partial charge on any atom is 0.119 e. The number of fused-ring (bicyclic) bond motifs is 1. The Morgan fingerprint density at radius 1 is 1.19 bits per heavy atom. The zero-order valence-electron chi connectivity index (χ0n) is 12.5. The molecule has 0 saturated heterocycles. The quantitative estimate of drug-likeness (QED) is 0.872. The molecule has 21 heavy (non-hydrogen) atoms. The molecule has 0 aliphatic heterocycles. The summed E-state index contributed by atoms with van der Waals surface area (Å²) in [5.74, 6) is 1.41. The van der Waals surface area contributed by atoms with Crippen molar-refractivity contribution in [3.05, 3.63) is 65.2 Å². The van der Waals surface area contributed by atoms with Gasteiger partial charge in [0.2, 0.25) is 0 Å². The van der Waals surface area contributed by atoms with Gasteiger partial charge in [0.15, 0.2) is 0 Å². The first-order valence-electron chi connectivity index (χ1n) is 7.67. The highest BCUT2D eigenvalue weighted by molar-refractivity contribution is 5.39. The van der Waals surface area contributed by atoms with Gasteiger partial charge in [0.25, 0.3) is 0 Å². The second kappa shape index (κ2) is 6.31. The smallest absolute Gasteiger partial charge is 0.119 e. The standard InChI is InChI=1S/C19H22O2/c1-14-5-4-7-18(11-14)21-10-9-17(20)13-16-12-15-6-2-3-8-19(15)16/h2-8,11,16-17,20H,9-10,12-13H2,1H3. The Labute approximate surface area is 126 Å². The van der Waals surface area contributed by atoms with Crippen LogP contribution >= 0.6 is 0 Å². The second-order valence-electron chi connectivity index (χ2n) is 5.94. The number of hydrogen-bond acceptors (Lipinski definition) is 2. The van der Waals surface area contributed by atoms with E-state index in [4.69, 9.17) is 4.74 Å². The predicted octanol–water partition coefficient (Wildman–Crippen LogP) is 3.85. The third kappa shape index (κ3) is 3.45. The van der Waals surface area contributed by atoms with E-state index < -0.39 is 0 Å². The van der Waals surface area contributed by atoms with Crippen LogP contribution in [0.5, 0.6) is 5.75 Å². The van der Waals surface area contributed by atoms with Gasteiger partial charge in [0, 0.05) is 6.42 Å². The van der Waals surface area contributed by atoms with Gasteiger partial charge in [0.1, 0.15) is 5.75 Å². The molecule has 1 N–H and O–H groups in total. The van der Waals surface area contributed by atoms with Crippen molar-refractivity contribution in [3.8, 4) is 5.75 Å². The minimum Gasteiger partial charge on any atom is -0.493 e. The second-order valence-corrected chi connectivity index (χ2v) is 5.94. The molecule has 0 aromatic heterocycles. The Morgan fingerprint density at radius 3 is 2.86 bits per heavy atom. The molecule has 1 aliphatic carbocycles. The molecule has 0 heterocycles. The van der Waals surface area contributed by atoms with E-state index in [0.29, 0.717) is 18.9 Å². The molecule has 2 heteroatoms. The lowest BCUT2D eigenvalue weighted by Gasteiger charge is -2.31. The van der Waals surface area contributed by atoms with E-state index in [2.05, 4.69) is 37.3 Å². The Morgan fingerprint density at radius 2 is 2.05 bits per heavy atom. The molecule has 2 unspecified atom stereocenters. The lowest BCUT2D eigenvalue weighted by atomic mass is 9.74. The average Bonchev–Trinajstić information content (AvgIpc) is 2.45.